The molecular formula is C13H16FN3O. The number of nitrogens with one attached hydrogen (secondary N) is 1. The van der Waals surface area contributed by atoms with Crippen LogP contribution in [0.1, 0.15) is 30.0 Å². The van der Waals surface area contributed by atoms with Crippen molar-refractivity contribution in [1.29, 1.82) is 0 Å². The Bertz CT molecular complexity index is 546. The van der Waals surface area contributed by atoms with E-state index in [1.807, 2.05) is 20.8 Å². The van der Waals surface area contributed by atoms with Gasteiger partial charge in [0.25, 0.3) is 0 Å². The number of nitrogens with zero attached hydrogens (tertiary/aromatic N) is 1. The molecule has 0 aliphatic carbocycles. The van der Waals surface area contributed by atoms with Gasteiger partial charge in [-0.3, -0.25) is 0 Å². The van der Waals surface area contributed by atoms with Crippen molar-refractivity contribution in [2.45, 2.75) is 26.8 Å². The molecule has 1 unspecified atom stereocenters. The van der Waals surface area contributed by atoms with Crippen LogP contribution in [-0.4, -0.2) is 5.16 Å². The number of nitrogen functional groups attached to an aromatic ring is 1. The number of anilines is 2. The van der Waals surface area contributed by atoms with Gasteiger partial charge >= 0.3 is 0 Å². The number of aromatic nitrogens is 1. The fourth-order valence-electron chi connectivity index (χ4n) is 2.08. The van der Waals surface area contributed by atoms with E-state index in [2.05, 4.69) is 10.5 Å². The lowest BCUT2D eigenvalue weighted by Crippen LogP contribution is -2.10. The molecule has 1 heterocycles. The van der Waals surface area contributed by atoms with Crippen molar-refractivity contribution in [2.24, 2.45) is 0 Å². The first-order chi connectivity index (χ1) is 8.50. The van der Waals surface area contributed by atoms with Crippen molar-refractivity contribution in [3.05, 3.63) is 41.0 Å². The Morgan fingerprint density at radius 1 is 1.39 bits per heavy atom. The highest BCUT2D eigenvalue weighted by atomic mass is 19.1. The minimum atomic E-state index is -0.425. The number of hydrogen-bond acceptors (Lipinski definition) is 4. The molecule has 0 aliphatic rings. The second-order valence-electron chi connectivity index (χ2n) is 4.30. The van der Waals surface area contributed by atoms with Gasteiger partial charge in [0, 0.05) is 5.56 Å². The molecule has 0 saturated carbocycles. The molecule has 2 rings (SSSR count). The summed E-state index contributed by atoms with van der Waals surface area (Å²) in [5.41, 5.74) is 8.17. The Kier molecular flexibility index (Phi) is 3.23. The molecule has 4 nitrogen and oxygen atoms in total. The van der Waals surface area contributed by atoms with Crippen molar-refractivity contribution in [3.63, 3.8) is 0 Å². The molecule has 5 heteroatoms. The average Bonchev–Trinajstić information content (AvgIpc) is 2.65. The maximum absolute atomic E-state index is 13.3. The lowest BCUT2D eigenvalue weighted by molar-refractivity contribution is 0.392. The van der Waals surface area contributed by atoms with Crippen LogP contribution >= 0.6 is 0 Å². The largest absolute Gasteiger partial charge is 0.395 e. The second-order valence-corrected chi connectivity index (χ2v) is 4.30. The van der Waals surface area contributed by atoms with Crippen LogP contribution in [0.4, 0.5) is 15.8 Å². The summed E-state index contributed by atoms with van der Waals surface area (Å²) in [5, 5.41) is 7.07. The predicted octanol–water partition coefficient (Wildman–Crippen LogP) is 3.19. The van der Waals surface area contributed by atoms with E-state index in [1.165, 1.54) is 6.07 Å². The minimum Gasteiger partial charge on any atom is -0.395 e. The molecule has 0 spiro atoms. The summed E-state index contributed by atoms with van der Waals surface area (Å²) in [4.78, 5) is 0. The highest BCUT2D eigenvalue weighted by Crippen LogP contribution is 2.28. The number of hydrogen-bond donors (Lipinski definition) is 2. The third kappa shape index (κ3) is 2.16. The van der Waals surface area contributed by atoms with Gasteiger partial charge in [-0.2, -0.15) is 0 Å². The van der Waals surface area contributed by atoms with E-state index in [-0.39, 0.29) is 11.7 Å². The quantitative estimate of drug-likeness (QED) is 0.820. The van der Waals surface area contributed by atoms with Crippen molar-refractivity contribution in [2.75, 3.05) is 11.1 Å². The Morgan fingerprint density at radius 2 is 2.11 bits per heavy atom. The number of aryl methyl sites for hydroxylation is 2. The number of rotatable bonds is 3. The molecular weight excluding hydrogens is 233 g/mol. The SMILES string of the molecule is Cc1noc(C)c1C(C)Nc1cccc(F)c1N. The molecule has 1 aromatic heterocycles. The summed E-state index contributed by atoms with van der Waals surface area (Å²) in [6.45, 7) is 5.68. The Hall–Kier alpha value is -2.04. The minimum absolute atomic E-state index is 0.0552. The van der Waals surface area contributed by atoms with Crippen LogP contribution in [0.5, 0.6) is 0 Å². The molecule has 0 bridgehead atoms. The van der Waals surface area contributed by atoms with E-state index in [0.29, 0.717) is 5.69 Å². The van der Waals surface area contributed by atoms with E-state index in [1.54, 1.807) is 12.1 Å². The molecule has 0 radical (unpaired) electrons. The molecule has 0 saturated heterocycles. The summed E-state index contributed by atoms with van der Waals surface area (Å²) >= 11 is 0. The molecule has 0 amide bonds. The van der Waals surface area contributed by atoms with Gasteiger partial charge in [-0.05, 0) is 32.9 Å². The van der Waals surface area contributed by atoms with E-state index in [9.17, 15) is 4.39 Å². The van der Waals surface area contributed by atoms with E-state index in [0.717, 1.165) is 17.0 Å². The van der Waals surface area contributed by atoms with Gasteiger partial charge in [-0.1, -0.05) is 11.2 Å². The summed E-state index contributed by atoms with van der Waals surface area (Å²) in [6.07, 6.45) is 0. The average molecular weight is 249 g/mol. The van der Waals surface area contributed by atoms with Crippen LogP contribution in [0.2, 0.25) is 0 Å². The van der Waals surface area contributed by atoms with Gasteiger partial charge in [0.15, 0.2) is 0 Å². The fraction of sp³-hybridized carbons (Fsp3) is 0.308. The molecule has 18 heavy (non-hydrogen) atoms. The monoisotopic (exact) mass is 249 g/mol. The zero-order chi connectivity index (χ0) is 13.3. The molecule has 3 N–H and O–H groups in total. The van der Waals surface area contributed by atoms with Crippen molar-refractivity contribution in [1.82, 2.24) is 5.16 Å². The summed E-state index contributed by atoms with van der Waals surface area (Å²) < 4.78 is 18.4. The lowest BCUT2D eigenvalue weighted by Gasteiger charge is -2.16. The molecule has 96 valence electrons. The van der Waals surface area contributed by atoms with Gasteiger partial charge in [0.05, 0.1) is 23.1 Å². The standard InChI is InChI=1S/C13H16FN3O/c1-7(12-8(2)17-18-9(12)3)16-11-6-4-5-10(14)13(11)15/h4-7,16H,15H2,1-3H3. The first-order valence-corrected chi connectivity index (χ1v) is 5.74. The van der Waals surface area contributed by atoms with E-state index in [4.69, 9.17) is 10.3 Å². The Morgan fingerprint density at radius 3 is 2.72 bits per heavy atom. The van der Waals surface area contributed by atoms with E-state index >= 15 is 0 Å². The normalized spacial score (nSPS) is 12.4. The van der Waals surface area contributed by atoms with Crippen LogP contribution in [0.3, 0.4) is 0 Å². The molecule has 2 aromatic rings. The third-order valence-electron chi connectivity index (χ3n) is 2.95. The van der Waals surface area contributed by atoms with Crippen molar-refractivity contribution >= 4 is 11.4 Å². The predicted molar refractivity (Wildman–Crippen MR) is 68.8 cm³/mol. The maximum Gasteiger partial charge on any atom is 0.148 e. The third-order valence-corrected chi connectivity index (χ3v) is 2.95. The second kappa shape index (κ2) is 4.68. The molecule has 1 aromatic carbocycles. The van der Waals surface area contributed by atoms with Crippen molar-refractivity contribution in [3.8, 4) is 0 Å². The highest BCUT2D eigenvalue weighted by molar-refractivity contribution is 5.67. The first kappa shape index (κ1) is 12.4. The van der Waals surface area contributed by atoms with Crippen LogP contribution in [0, 0.1) is 19.7 Å². The summed E-state index contributed by atoms with van der Waals surface area (Å²) in [7, 11) is 0. The smallest absolute Gasteiger partial charge is 0.148 e. The zero-order valence-corrected chi connectivity index (χ0v) is 10.6. The van der Waals surface area contributed by atoms with Gasteiger partial charge in [-0.25, -0.2) is 4.39 Å². The Labute approximate surface area is 105 Å². The van der Waals surface area contributed by atoms with Gasteiger partial charge in [0.2, 0.25) is 0 Å². The van der Waals surface area contributed by atoms with Crippen molar-refractivity contribution < 1.29 is 8.91 Å². The number of nitrogens with two attached hydrogens (primary N) is 1. The number of para-hydroxylation sites is 1. The van der Waals surface area contributed by atoms with Crippen LogP contribution in [-0.2, 0) is 0 Å². The maximum atomic E-state index is 13.3. The van der Waals surface area contributed by atoms with Crippen LogP contribution < -0.4 is 11.1 Å². The van der Waals surface area contributed by atoms with Crippen LogP contribution in [0.15, 0.2) is 22.7 Å². The zero-order valence-electron chi connectivity index (χ0n) is 10.6. The number of benzene rings is 1. The highest BCUT2D eigenvalue weighted by Gasteiger charge is 2.17. The van der Waals surface area contributed by atoms with Crippen LogP contribution in [0.25, 0.3) is 0 Å². The number of halogens is 1. The molecule has 0 fully saturated rings. The Balaban J connectivity index is 2.27. The summed E-state index contributed by atoms with van der Waals surface area (Å²) in [5.74, 6) is 0.327. The topological polar surface area (TPSA) is 64.1 Å². The molecule has 0 aliphatic heterocycles. The van der Waals surface area contributed by atoms with Gasteiger partial charge < -0.3 is 15.6 Å². The van der Waals surface area contributed by atoms with Gasteiger partial charge in [0.1, 0.15) is 11.6 Å². The van der Waals surface area contributed by atoms with Gasteiger partial charge in [-0.15, -0.1) is 0 Å². The lowest BCUT2D eigenvalue weighted by atomic mass is 10.1. The molecule has 1 atom stereocenters. The fourth-order valence-corrected chi connectivity index (χ4v) is 2.08. The summed E-state index contributed by atoms with van der Waals surface area (Å²) in [6, 6.07) is 4.64. The van der Waals surface area contributed by atoms with E-state index < -0.39 is 5.82 Å². The first-order valence-electron chi connectivity index (χ1n) is 5.74.